The molecular weight excluding hydrogens is 396 g/mol. The van der Waals surface area contributed by atoms with E-state index < -0.39 is 5.97 Å². The predicted molar refractivity (Wildman–Crippen MR) is 114 cm³/mol. The van der Waals surface area contributed by atoms with Gasteiger partial charge in [0.25, 0.3) is 0 Å². The Balaban J connectivity index is 1.58. The molecule has 0 aliphatic carbocycles. The van der Waals surface area contributed by atoms with Gasteiger partial charge in [0.1, 0.15) is 0 Å². The molecule has 0 radical (unpaired) electrons. The van der Waals surface area contributed by atoms with E-state index in [0.717, 1.165) is 24.1 Å². The van der Waals surface area contributed by atoms with Crippen LogP contribution in [0, 0.1) is 6.92 Å². The lowest BCUT2D eigenvalue weighted by atomic mass is 10.0. The summed E-state index contributed by atoms with van der Waals surface area (Å²) in [7, 11) is 1.75. The molecule has 8 nitrogen and oxygen atoms in total. The van der Waals surface area contributed by atoms with Crippen molar-refractivity contribution in [2.24, 2.45) is 0 Å². The SMILES string of the molecule is Cc1nc(-c2cccc([C@@H](CN3CC[C@H](O)C3)N(C)OC(=O)c3ccccc3)c2)no1. The van der Waals surface area contributed by atoms with E-state index in [2.05, 4.69) is 15.0 Å². The van der Waals surface area contributed by atoms with Gasteiger partial charge in [-0.15, -0.1) is 5.06 Å². The molecule has 162 valence electrons. The van der Waals surface area contributed by atoms with Crippen LogP contribution < -0.4 is 0 Å². The zero-order valence-corrected chi connectivity index (χ0v) is 17.6. The van der Waals surface area contributed by atoms with Gasteiger partial charge in [-0.1, -0.05) is 41.6 Å². The molecule has 0 spiro atoms. The van der Waals surface area contributed by atoms with Gasteiger partial charge < -0.3 is 14.5 Å². The second kappa shape index (κ2) is 9.38. The smallest absolute Gasteiger partial charge is 0.357 e. The summed E-state index contributed by atoms with van der Waals surface area (Å²) in [5.74, 6) is 0.593. The number of carbonyl (C=O) groups is 1. The summed E-state index contributed by atoms with van der Waals surface area (Å²) >= 11 is 0. The number of benzene rings is 2. The number of nitrogens with zero attached hydrogens (tertiary/aromatic N) is 4. The van der Waals surface area contributed by atoms with Crippen molar-refractivity contribution in [3.8, 4) is 11.4 Å². The highest BCUT2D eigenvalue weighted by Crippen LogP contribution is 2.27. The average molecular weight is 422 g/mol. The van der Waals surface area contributed by atoms with Gasteiger partial charge in [-0.3, -0.25) is 4.90 Å². The van der Waals surface area contributed by atoms with Crippen LogP contribution in [0.4, 0.5) is 0 Å². The number of rotatable bonds is 7. The topological polar surface area (TPSA) is 91.9 Å². The minimum absolute atomic E-state index is 0.245. The van der Waals surface area contributed by atoms with Crippen molar-refractivity contribution < 1.29 is 19.3 Å². The minimum Gasteiger partial charge on any atom is -0.392 e. The molecule has 1 fully saturated rings. The third-order valence-corrected chi connectivity index (χ3v) is 5.41. The van der Waals surface area contributed by atoms with E-state index in [4.69, 9.17) is 9.36 Å². The lowest BCUT2D eigenvalue weighted by Gasteiger charge is -2.30. The van der Waals surface area contributed by atoms with Gasteiger partial charge in [0.05, 0.1) is 17.7 Å². The Labute approximate surface area is 181 Å². The van der Waals surface area contributed by atoms with Crippen LogP contribution >= 0.6 is 0 Å². The van der Waals surface area contributed by atoms with E-state index in [1.807, 2.05) is 30.3 Å². The standard InChI is InChI=1S/C23H26N4O4/c1-16-24-22(25-30-16)19-10-6-9-18(13-19)21(15-27-12-11-20(28)14-27)26(2)31-23(29)17-7-4-3-5-8-17/h3-10,13,20-21,28H,11-12,14-15H2,1-2H3/t20-,21+/m0/s1. The Hall–Kier alpha value is -3.07. The number of aryl methyl sites for hydroxylation is 1. The molecule has 0 saturated carbocycles. The number of β-amino-alcohol motifs (C(OH)–C–C–N with tert-alkyl or cyclic N) is 1. The van der Waals surface area contributed by atoms with E-state index in [9.17, 15) is 9.90 Å². The number of hydroxylamine groups is 2. The first-order chi connectivity index (χ1) is 15.0. The number of likely N-dealkylation sites (N-methyl/N-ethyl adjacent to an activating group) is 1. The molecule has 3 aromatic rings. The fraction of sp³-hybridized carbons (Fsp3) is 0.348. The molecule has 1 aliphatic rings. The van der Waals surface area contributed by atoms with Gasteiger partial charge >= 0.3 is 5.97 Å². The first-order valence-corrected chi connectivity index (χ1v) is 10.3. The van der Waals surface area contributed by atoms with Gasteiger partial charge in [-0.25, -0.2) is 4.79 Å². The lowest BCUT2D eigenvalue weighted by Crippen LogP contribution is -2.37. The summed E-state index contributed by atoms with van der Waals surface area (Å²) in [6.07, 6.45) is 0.411. The second-order valence-electron chi connectivity index (χ2n) is 7.77. The Morgan fingerprint density at radius 2 is 2.10 bits per heavy atom. The monoisotopic (exact) mass is 422 g/mol. The summed E-state index contributed by atoms with van der Waals surface area (Å²) in [6, 6.07) is 16.5. The Bertz CT molecular complexity index is 1020. The van der Waals surface area contributed by atoms with Gasteiger partial charge in [0.2, 0.25) is 11.7 Å². The van der Waals surface area contributed by atoms with Crippen LogP contribution in [0.5, 0.6) is 0 Å². The van der Waals surface area contributed by atoms with Crippen molar-refractivity contribution in [1.29, 1.82) is 0 Å². The van der Waals surface area contributed by atoms with Crippen molar-refractivity contribution in [1.82, 2.24) is 20.1 Å². The van der Waals surface area contributed by atoms with Gasteiger partial charge in [0, 0.05) is 39.2 Å². The average Bonchev–Trinajstić information content (AvgIpc) is 3.40. The summed E-state index contributed by atoms with van der Waals surface area (Å²) < 4.78 is 5.11. The molecule has 4 rings (SSSR count). The molecule has 1 N–H and O–H groups in total. The highest BCUT2D eigenvalue weighted by molar-refractivity contribution is 5.89. The Morgan fingerprint density at radius 1 is 1.29 bits per heavy atom. The fourth-order valence-electron chi connectivity index (χ4n) is 3.78. The highest BCUT2D eigenvalue weighted by Gasteiger charge is 2.28. The molecule has 1 saturated heterocycles. The van der Waals surface area contributed by atoms with Crippen LogP contribution in [0.1, 0.15) is 34.3 Å². The van der Waals surface area contributed by atoms with Gasteiger partial charge in [-0.2, -0.15) is 4.98 Å². The van der Waals surface area contributed by atoms with Crippen LogP contribution in [-0.2, 0) is 4.84 Å². The molecule has 1 aliphatic heterocycles. The lowest BCUT2D eigenvalue weighted by molar-refractivity contribution is -0.125. The first kappa shape index (κ1) is 21.2. The molecule has 0 bridgehead atoms. The van der Waals surface area contributed by atoms with E-state index in [0.29, 0.717) is 30.4 Å². The third kappa shape index (κ3) is 5.16. The Kier molecular flexibility index (Phi) is 6.41. The van der Waals surface area contributed by atoms with Crippen molar-refractivity contribution in [2.75, 3.05) is 26.7 Å². The quantitative estimate of drug-likeness (QED) is 0.581. The summed E-state index contributed by atoms with van der Waals surface area (Å²) in [6.45, 7) is 3.74. The summed E-state index contributed by atoms with van der Waals surface area (Å²) in [5, 5.41) is 15.5. The number of aromatic nitrogens is 2. The number of hydrogen-bond acceptors (Lipinski definition) is 8. The van der Waals surface area contributed by atoms with Crippen LogP contribution in [0.2, 0.25) is 0 Å². The van der Waals surface area contributed by atoms with Crippen LogP contribution in [-0.4, -0.2) is 64.0 Å². The molecular formula is C23H26N4O4. The normalized spacial score (nSPS) is 17.7. The van der Waals surface area contributed by atoms with E-state index in [1.165, 1.54) is 0 Å². The van der Waals surface area contributed by atoms with E-state index in [1.54, 1.807) is 43.3 Å². The predicted octanol–water partition coefficient (Wildman–Crippen LogP) is 2.86. The Morgan fingerprint density at radius 3 is 2.77 bits per heavy atom. The maximum atomic E-state index is 12.6. The molecule has 1 aromatic heterocycles. The van der Waals surface area contributed by atoms with Crippen LogP contribution in [0.25, 0.3) is 11.4 Å². The van der Waals surface area contributed by atoms with Crippen molar-refractivity contribution in [3.63, 3.8) is 0 Å². The van der Waals surface area contributed by atoms with E-state index >= 15 is 0 Å². The zero-order chi connectivity index (χ0) is 21.8. The zero-order valence-electron chi connectivity index (χ0n) is 17.6. The maximum Gasteiger partial charge on any atom is 0.357 e. The number of carbonyl (C=O) groups excluding carboxylic acids is 1. The molecule has 2 heterocycles. The van der Waals surface area contributed by atoms with Crippen LogP contribution in [0.3, 0.4) is 0 Å². The largest absolute Gasteiger partial charge is 0.392 e. The van der Waals surface area contributed by atoms with Crippen molar-refractivity contribution >= 4 is 5.97 Å². The molecule has 0 amide bonds. The van der Waals surface area contributed by atoms with Gasteiger partial charge in [-0.05, 0) is 30.2 Å². The number of aliphatic hydroxyl groups is 1. The number of likely N-dealkylation sites (tertiary alicyclic amines) is 1. The van der Waals surface area contributed by atoms with Crippen LogP contribution in [0.15, 0.2) is 59.1 Å². The van der Waals surface area contributed by atoms with Crippen molar-refractivity contribution in [2.45, 2.75) is 25.5 Å². The molecule has 0 unspecified atom stereocenters. The highest BCUT2D eigenvalue weighted by atomic mass is 16.7. The van der Waals surface area contributed by atoms with E-state index in [-0.39, 0.29) is 12.1 Å². The first-order valence-electron chi connectivity index (χ1n) is 10.3. The fourth-order valence-corrected chi connectivity index (χ4v) is 3.78. The molecule has 2 atom stereocenters. The molecule has 2 aromatic carbocycles. The molecule has 8 heteroatoms. The second-order valence-corrected chi connectivity index (χ2v) is 7.77. The summed E-state index contributed by atoms with van der Waals surface area (Å²) in [4.78, 5) is 24.8. The van der Waals surface area contributed by atoms with Gasteiger partial charge in [0.15, 0.2) is 0 Å². The molecule has 31 heavy (non-hydrogen) atoms. The maximum absolute atomic E-state index is 12.6. The number of hydrogen-bond donors (Lipinski definition) is 1. The minimum atomic E-state index is -0.417. The third-order valence-electron chi connectivity index (χ3n) is 5.41. The van der Waals surface area contributed by atoms with Crippen molar-refractivity contribution in [3.05, 3.63) is 71.6 Å². The number of aliphatic hydroxyl groups excluding tert-OH is 1. The summed E-state index contributed by atoms with van der Waals surface area (Å²) in [5.41, 5.74) is 2.26.